The first-order valence-electron chi connectivity index (χ1n) is 8.68. The Morgan fingerprint density at radius 3 is 2.54 bits per heavy atom. The van der Waals surface area contributed by atoms with E-state index in [9.17, 15) is 13.2 Å². The molecule has 2 heterocycles. The zero-order valence-corrected chi connectivity index (χ0v) is 15.6. The monoisotopic (exact) mass is 373 g/mol. The predicted octanol–water partition coefficient (Wildman–Crippen LogP) is 2.15. The fourth-order valence-electron chi connectivity index (χ4n) is 3.30. The van der Waals surface area contributed by atoms with Crippen molar-refractivity contribution in [3.05, 3.63) is 65.5 Å². The smallest absolute Gasteiger partial charge is 0.254 e. The number of nitrogens with one attached hydrogen (secondary N) is 1. The maximum absolute atomic E-state index is 12.9. The Labute approximate surface area is 154 Å². The van der Waals surface area contributed by atoms with Gasteiger partial charge in [0.2, 0.25) is 10.0 Å². The third-order valence-electron chi connectivity index (χ3n) is 4.58. The quantitative estimate of drug-likeness (QED) is 0.841. The lowest BCUT2D eigenvalue weighted by Crippen LogP contribution is -2.30. The van der Waals surface area contributed by atoms with Gasteiger partial charge in [-0.05, 0) is 54.7 Å². The molecule has 0 spiro atoms. The van der Waals surface area contributed by atoms with Crippen LogP contribution in [0.25, 0.3) is 0 Å². The summed E-state index contributed by atoms with van der Waals surface area (Å²) in [4.78, 5) is 18.9. The van der Waals surface area contributed by atoms with E-state index < -0.39 is 10.0 Å². The number of rotatable bonds is 6. The van der Waals surface area contributed by atoms with E-state index in [1.54, 1.807) is 12.4 Å². The van der Waals surface area contributed by atoms with Crippen molar-refractivity contribution in [3.8, 4) is 0 Å². The summed E-state index contributed by atoms with van der Waals surface area (Å²) in [6.07, 6.45) is 7.21. The molecule has 1 N–H and O–H groups in total. The van der Waals surface area contributed by atoms with Gasteiger partial charge >= 0.3 is 0 Å². The molecule has 3 rings (SSSR count). The fourth-order valence-corrected chi connectivity index (χ4v) is 3.78. The van der Waals surface area contributed by atoms with Crippen molar-refractivity contribution in [3.63, 3.8) is 0 Å². The highest BCUT2D eigenvalue weighted by molar-refractivity contribution is 7.88. The van der Waals surface area contributed by atoms with Crippen LogP contribution in [0.2, 0.25) is 0 Å². The molecule has 1 aromatic heterocycles. The molecule has 138 valence electrons. The number of aromatic nitrogens is 1. The summed E-state index contributed by atoms with van der Waals surface area (Å²) in [6, 6.07) is 11.4. The molecule has 0 bridgehead atoms. The zero-order valence-electron chi connectivity index (χ0n) is 14.8. The van der Waals surface area contributed by atoms with E-state index in [2.05, 4.69) is 9.71 Å². The van der Waals surface area contributed by atoms with E-state index in [-0.39, 0.29) is 11.9 Å². The van der Waals surface area contributed by atoms with E-state index in [1.807, 2.05) is 41.3 Å². The van der Waals surface area contributed by atoms with Crippen molar-refractivity contribution in [1.82, 2.24) is 14.6 Å². The molecular formula is C19H23N3O3S. The minimum absolute atomic E-state index is 0.0325. The summed E-state index contributed by atoms with van der Waals surface area (Å²) in [5.41, 5.74) is 2.77. The van der Waals surface area contributed by atoms with Crippen LogP contribution in [0.15, 0.2) is 48.8 Å². The van der Waals surface area contributed by atoms with Crippen LogP contribution in [0.4, 0.5) is 0 Å². The summed E-state index contributed by atoms with van der Waals surface area (Å²) < 4.78 is 24.7. The SMILES string of the molecule is CS(=O)(=O)NCCc1ccc(C(=O)N2CCC[C@@H]2c2ccncc2)cc1. The van der Waals surface area contributed by atoms with E-state index in [1.165, 1.54) is 0 Å². The first-order valence-corrected chi connectivity index (χ1v) is 10.6. The Bertz CT molecular complexity index is 851. The van der Waals surface area contributed by atoms with Gasteiger partial charge in [0.1, 0.15) is 0 Å². The molecule has 0 aliphatic carbocycles. The van der Waals surface area contributed by atoms with Crippen molar-refractivity contribution in [2.45, 2.75) is 25.3 Å². The first-order chi connectivity index (χ1) is 12.4. The summed E-state index contributed by atoms with van der Waals surface area (Å²) in [5, 5.41) is 0. The standard InChI is InChI=1S/C19H23N3O3S/c1-26(24,25)21-13-8-15-4-6-17(7-5-15)19(23)22-14-2-3-18(22)16-9-11-20-12-10-16/h4-7,9-12,18,21H,2-3,8,13-14H2,1H3/t18-/m1/s1. The Morgan fingerprint density at radius 2 is 1.88 bits per heavy atom. The highest BCUT2D eigenvalue weighted by Gasteiger charge is 2.30. The fraction of sp³-hybridized carbons (Fsp3) is 0.368. The maximum atomic E-state index is 12.9. The highest BCUT2D eigenvalue weighted by atomic mass is 32.2. The molecule has 2 aromatic rings. The van der Waals surface area contributed by atoms with Gasteiger partial charge in [0.15, 0.2) is 0 Å². The number of nitrogens with zero attached hydrogens (tertiary/aromatic N) is 2. The van der Waals surface area contributed by atoms with Gasteiger partial charge in [-0.15, -0.1) is 0 Å². The van der Waals surface area contributed by atoms with Crippen LogP contribution in [0.5, 0.6) is 0 Å². The number of sulfonamides is 1. The lowest BCUT2D eigenvalue weighted by atomic mass is 10.0. The van der Waals surface area contributed by atoms with Crippen LogP contribution in [-0.2, 0) is 16.4 Å². The minimum atomic E-state index is -3.17. The van der Waals surface area contributed by atoms with Crippen molar-refractivity contribution < 1.29 is 13.2 Å². The Balaban J connectivity index is 1.66. The molecule has 0 unspecified atom stereocenters. The molecule has 0 radical (unpaired) electrons. The van der Waals surface area contributed by atoms with Gasteiger partial charge in [-0.1, -0.05) is 12.1 Å². The number of carbonyl (C=O) groups excluding carboxylic acids is 1. The van der Waals surface area contributed by atoms with Crippen LogP contribution < -0.4 is 4.72 Å². The third-order valence-corrected chi connectivity index (χ3v) is 5.31. The maximum Gasteiger partial charge on any atom is 0.254 e. The first kappa shape index (κ1) is 18.5. The van der Waals surface area contributed by atoms with Crippen molar-refractivity contribution in [2.75, 3.05) is 19.3 Å². The number of hydrogen-bond acceptors (Lipinski definition) is 4. The number of hydrogen-bond donors (Lipinski definition) is 1. The van der Waals surface area contributed by atoms with Crippen LogP contribution in [-0.4, -0.2) is 43.6 Å². The molecule has 0 saturated carbocycles. The van der Waals surface area contributed by atoms with Crippen molar-refractivity contribution >= 4 is 15.9 Å². The van der Waals surface area contributed by atoms with Crippen molar-refractivity contribution in [2.24, 2.45) is 0 Å². The number of likely N-dealkylation sites (tertiary alicyclic amines) is 1. The van der Waals surface area contributed by atoms with Gasteiger partial charge in [-0.25, -0.2) is 13.1 Å². The molecule has 1 aromatic carbocycles. The number of amides is 1. The molecule has 1 fully saturated rings. The van der Waals surface area contributed by atoms with Gasteiger partial charge in [-0.2, -0.15) is 0 Å². The largest absolute Gasteiger partial charge is 0.332 e. The molecular weight excluding hydrogens is 350 g/mol. The van der Waals surface area contributed by atoms with E-state index in [0.717, 1.165) is 36.8 Å². The van der Waals surface area contributed by atoms with Crippen LogP contribution in [0.3, 0.4) is 0 Å². The average molecular weight is 373 g/mol. The Kier molecular flexibility index (Phi) is 5.68. The lowest BCUT2D eigenvalue weighted by molar-refractivity contribution is 0.0735. The number of pyridine rings is 1. The van der Waals surface area contributed by atoms with E-state index in [0.29, 0.717) is 18.5 Å². The predicted molar refractivity (Wildman–Crippen MR) is 100 cm³/mol. The Hall–Kier alpha value is -2.25. The van der Waals surface area contributed by atoms with E-state index in [4.69, 9.17) is 0 Å². The van der Waals surface area contributed by atoms with Crippen molar-refractivity contribution in [1.29, 1.82) is 0 Å². The molecule has 1 aliphatic heterocycles. The van der Waals surface area contributed by atoms with Crippen LogP contribution >= 0.6 is 0 Å². The second kappa shape index (κ2) is 7.97. The summed E-state index contributed by atoms with van der Waals surface area (Å²) >= 11 is 0. The summed E-state index contributed by atoms with van der Waals surface area (Å²) in [5.74, 6) is 0.0325. The second-order valence-corrected chi connectivity index (χ2v) is 8.38. The zero-order chi connectivity index (χ0) is 18.6. The molecule has 6 nitrogen and oxygen atoms in total. The molecule has 1 aliphatic rings. The molecule has 1 saturated heterocycles. The molecule has 1 amide bonds. The van der Waals surface area contributed by atoms with E-state index >= 15 is 0 Å². The summed E-state index contributed by atoms with van der Waals surface area (Å²) in [7, 11) is -3.17. The van der Waals surface area contributed by atoms with Gasteiger partial charge in [-0.3, -0.25) is 9.78 Å². The van der Waals surface area contributed by atoms with Crippen LogP contribution in [0.1, 0.15) is 40.4 Å². The number of carbonyl (C=O) groups is 1. The topological polar surface area (TPSA) is 79.4 Å². The van der Waals surface area contributed by atoms with Gasteiger partial charge < -0.3 is 4.90 Å². The summed E-state index contributed by atoms with van der Waals surface area (Å²) in [6.45, 7) is 1.11. The lowest BCUT2D eigenvalue weighted by Gasteiger charge is -2.25. The molecule has 7 heteroatoms. The third kappa shape index (κ3) is 4.68. The molecule has 1 atom stereocenters. The average Bonchev–Trinajstić information content (AvgIpc) is 3.11. The minimum Gasteiger partial charge on any atom is -0.332 e. The number of benzene rings is 1. The van der Waals surface area contributed by atoms with Gasteiger partial charge in [0.05, 0.1) is 12.3 Å². The van der Waals surface area contributed by atoms with Crippen LogP contribution in [0, 0.1) is 0 Å². The Morgan fingerprint density at radius 1 is 1.19 bits per heavy atom. The van der Waals surface area contributed by atoms with Gasteiger partial charge in [0.25, 0.3) is 5.91 Å². The highest BCUT2D eigenvalue weighted by Crippen LogP contribution is 2.32. The normalized spacial score (nSPS) is 17.4. The van der Waals surface area contributed by atoms with Gasteiger partial charge in [0, 0.05) is 31.0 Å². The second-order valence-electron chi connectivity index (χ2n) is 6.55. The molecule has 26 heavy (non-hydrogen) atoms.